The van der Waals surface area contributed by atoms with Crippen LogP contribution in [0.4, 0.5) is 5.82 Å². The number of nitrogens with one attached hydrogen (secondary N) is 2. The Morgan fingerprint density at radius 3 is 2.73 bits per heavy atom. The van der Waals surface area contributed by atoms with Gasteiger partial charge in [0, 0.05) is 6.04 Å². The van der Waals surface area contributed by atoms with Gasteiger partial charge in [0.2, 0.25) is 5.91 Å². The Labute approximate surface area is 93.3 Å². The highest BCUT2D eigenvalue weighted by atomic mass is 35.5. The van der Waals surface area contributed by atoms with Gasteiger partial charge in [0.25, 0.3) is 0 Å². The lowest BCUT2D eigenvalue weighted by Crippen LogP contribution is -2.34. The van der Waals surface area contributed by atoms with E-state index in [1.54, 1.807) is 0 Å². The fraction of sp³-hybridized carbons (Fsp3) is 0.444. The number of aromatic nitrogens is 2. The van der Waals surface area contributed by atoms with Gasteiger partial charge >= 0.3 is 0 Å². The molecule has 5 nitrogen and oxygen atoms in total. The zero-order chi connectivity index (χ0) is 11.3. The van der Waals surface area contributed by atoms with Crippen molar-refractivity contribution >= 4 is 23.3 Å². The second-order valence-corrected chi connectivity index (χ2v) is 3.69. The summed E-state index contributed by atoms with van der Waals surface area (Å²) in [6.07, 6.45) is 2.90. The van der Waals surface area contributed by atoms with E-state index in [1.807, 2.05) is 13.8 Å². The molecule has 15 heavy (non-hydrogen) atoms. The van der Waals surface area contributed by atoms with Crippen LogP contribution in [0.3, 0.4) is 0 Å². The molecule has 6 heteroatoms. The number of carbonyl (C=O) groups is 1. The minimum atomic E-state index is -0.0817. The third-order valence-corrected chi connectivity index (χ3v) is 1.70. The van der Waals surface area contributed by atoms with Gasteiger partial charge in [-0.3, -0.25) is 4.79 Å². The number of nitrogens with zero attached hydrogens (tertiary/aromatic N) is 2. The second kappa shape index (κ2) is 5.50. The summed E-state index contributed by atoms with van der Waals surface area (Å²) in [6.45, 7) is 3.98. The molecule has 0 aliphatic heterocycles. The van der Waals surface area contributed by atoms with Gasteiger partial charge in [0.15, 0.2) is 0 Å². The van der Waals surface area contributed by atoms with Gasteiger partial charge < -0.3 is 10.6 Å². The average Bonchev–Trinajstić information content (AvgIpc) is 2.16. The van der Waals surface area contributed by atoms with Crippen molar-refractivity contribution in [3.63, 3.8) is 0 Å². The summed E-state index contributed by atoms with van der Waals surface area (Å²) >= 11 is 5.56. The second-order valence-electron chi connectivity index (χ2n) is 3.30. The van der Waals surface area contributed by atoms with E-state index in [-0.39, 0.29) is 18.5 Å². The fourth-order valence-corrected chi connectivity index (χ4v) is 1.05. The third-order valence-electron chi connectivity index (χ3n) is 1.50. The van der Waals surface area contributed by atoms with E-state index in [4.69, 9.17) is 11.6 Å². The first-order valence-corrected chi connectivity index (χ1v) is 4.96. The molecule has 0 fully saturated rings. The van der Waals surface area contributed by atoms with Gasteiger partial charge in [0.05, 0.1) is 18.9 Å². The van der Waals surface area contributed by atoms with Crippen LogP contribution in [0.25, 0.3) is 0 Å². The molecule has 1 aromatic rings. The van der Waals surface area contributed by atoms with Gasteiger partial charge in [-0.25, -0.2) is 9.97 Å². The summed E-state index contributed by atoms with van der Waals surface area (Å²) in [7, 11) is 0. The van der Waals surface area contributed by atoms with E-state index >= 15 is 0 Å². The lowest BCUT2D eigenvalue weighted by atomic mass is 10.4. The summed E-state index contributed by atoms with van der Waals surface area (Å²) in [5.74, 6) is 0.444. The molecule has 1 heterocycles. The van der Waals surface area contributed by atoms with Crippen LogP contribution in [0.2, 0.25) is 5.15 Å². The monoisotopic (exact) mass is 228 g/mol. The van der Waals surface area contributed by atoms with E-state index in [1.165, 1.54) is 12.4 Å². The summed E-state index contributed by atoms with van der Waals surface area (Å²) in [4.78, 5) is 19.0. The smallest absolute Gasteiger partial charge is 0.239 e. The SMILES string of the molecule is CC(C)NC(=O)CNc1cnc(Cl)cn1. The molecule has 0 aliphatic rings. The number of halogens is 1. The van der Waals surface area contributed by atoms with Gasteiger partial charge in [-0.1, -0.05) is 11.6 Å². The lowest BCUT2D eigenvalue weighted by molar-refractivity contribution is -0.119. The number of amides is 1. The molecular weight excluding hydrogens is 216 g/mol. The van der Waals surface area contributed by atoms with E-state index < -0.39 is 0 Å². The Bertz CT molecular complexity index is 325. The van der Waals surface area contributed by atoms with Crippen molar-refractivity contribution < 1.29 is 4.79 Å². The van der Waals surface area contributed by atoms with Crippen molar-refractivity contribution in [1.82, 2.24) is 15.3 Å². The molecule has 0 unspecified atom stereocenters. The molecule has 1 rings (SSSR count). The van der Waals surface area contributed by atoms with Crippen LogP contribution in [0.1, 0.15) is 13.8 Å². The van der Waals surface area contributed by atoms with Crippen LogP contribution in [-0.2, 0) is 4.79 Å². The fourth-order valence-electron chi connectivity index (χ4n) is 0.947. The maximum Gasteiger partial charge on any atom is 0.239 e. The molecule has 0 atom stereocenters. The first-order valence-electron chi connectivity index (χ1n) is 4.58. The van der Waals surface area contributed by atoms with E-state index in [0.717, 1.165) is 0 Å². The summed E-state index contributed by atoms with van der Waals surface area (Å²) in [5, 5.41) is 5.91. The lowest BCUT2D eigenvalue weighted by Gasteiger charge is -2.09. The first-order chi connectivity index (χ1) is 7.08. The number of hydrogen-bond donors (Lipinski definition) is 2. The number of rotatable bonds is 4. The van der Waals surface area contributed by atoms with Crippen LogP contribution in [-0.4, -0.2) is 28.5 Å². The Hall–Kier alpha value is -1.36. The van der Waals surface area contributed by atoms with Crippen molar-refractivity contribution in [2.24, 2.45) is 0 Å². The largest absolute Gasteiger partial charge is 0.360 e. The highest BCUT2D eigenvalue weighted by Gasteiger charge is 2.03. The summed E-state index contributed by atoms with van der Waals surface area (Å²) in [5.41, 5.74) is 0. The van der Waals surface area contributed by atoms with Gasteiger partial charge in [-0.05, 0) is 13.8 Å². The van der Waals surface area contributed by atoms with E-state index in [0.29, 0.717) is 11.0 Å². The van der Waals surface area contributed by atoms with Gasteiger partial charge in [-0.2, -0.15) is 0 Å². The molecular formula is C9H13ClN4O. The van der Waals surface area contributed by atoms with Gasteiger partial charge in [-0.15, -0.1) is 0 Å². The van der Waals surface area contributed by atoms with Crippen LogP contribution in [0.5, 0.6) is 0 Å². The Morgan fingerprint density at radius 1 is 1.47 bits per heavy atom. The molecule has 2 N–H and O–H groups in total. The number of carbonyl (C=O) groups excluding carboxylic acids is 1. The maximum absolute atomic E-state index is 11.2. The topological polar surface area (TPSA) is 66.9 Å². The zero-order valence-corrected chi connectivity index (χ0v) is 9.38. The van der Waals surface area contributed by atoms with Crippen LogP contribution in [0.15, 0.2) is 12.4 Å². The number of hydrogen-bond acceptors (Lipinski definition) is 4. The molecule has 0 aliphatic carbocycles. The van der Waals surface area contributed by atoms with Crippen LogP contribution < -0.4 is 10.6 Å². The minimum absolute atomic E-state index is 0.0817. The highest BCUT2D eigenvalue weighted by molar-refractivity contribution is 6.29. The predicted molar refractivity (Wildman–Crippen MR) is 58.8 cm³/mol. The van der Waals surface area contributed by atoms with Crippen molar-refractivity contribution in [2.75, 3.05) is 11.9 Å². The molecule has 0 saturated carbocycles. The molecule has 1 aromatic heterocycles. The maximum atomic E-state index is 11.2. The van der Waals surface area contributed by atoms with Crippen molar-refractivity contribution in [2.45, 2.75) is 19.9 Å². The minimum Gasteiger partial charge on any atom is -0.360 e. The Morgan fingerprint density at radius 2 is 2.20 bits per heavy atom. The number of anilines is 1. The van der Waals surface area contributed by atoms with Crippen LogP contribution in [0, 0.1) is 0 Å². The van der Waals surface area contributed by atoms with Crippen molar-refractivity contribution in [3.8, 4) is 0 Å². The van der Waals surface area contributed by atoms with Crippen molar-refractivity contribution in [1.29, 1.82) is 0 Å². The normalized spacial score (nSPS) is 10.1. The molecule has 1 amide bonds. The summed E-state index contributed by atoms with van der Waals surface area (Å²) in [6, 6.07) is 0.135. The standard InChI is InChI=1S/C9H13ClN4O/c1-6(2)14-9(15)5-13-8-4-11-7(10)3-12-8/h3-4,6H,5H2,1-2H3,(H,12,13)(H,14,15). The summed E-state index contributed by atoms with van der Waals surface area (Å²) < 4.78 is 0. The highest BCUT2D eigenvalue weighted by Crippen LogP contribution is 2.04. The zero-order valence-electron chi connectivity index (χ0n) is 8.62. The van der Waals surface area contributed by atoms with Crippen LogP contribution >= 0.6 is 11.6 Å². The Balaban J connectivity index is 2.37. The third kappa shape index (κ3) is 4.60. The predicted octanol–water partition coefficient (Wildman–Crippen LogP) is 1.07. The van der Waals surface area contributed by atoms with E-state index in [9.17, 15) is 4.79 Å². The molecule has 82 valence electrons. The molecule has 0 bridgehead atoms. The Kier molecular flexibility index (Phi) is 4.30. The average molecular weight is 229 g/mol. The molecule has 0 aromatic carbocycles. The quantitative estimate of drug-likeness (QED) is 0.809. The first kappa shape index (κ1) is 11.7. The molecule has 0 radical (unpaired) electrons. The molecule has 0 saturated heterocycles. The molecule has 0 spiro atoms. The van der Waals surface area contributed by atoms with Gasteiger partial charge in [0.1, 0.15) is 11.0 Å². The van der Waals surface area contributed by atoms with Crippen molar-refractivity contribution in [3.05, 3.63) is 17.5 Å². The van der Waals surface area contributed by atoms with E-state index in [2.05, 4.69) is 20.6 Å².